The van der Waals surface area contributed by atoms with Crippen molar-refractivity contribution in [2.45, 2.75) is 26.7 Å². The predicted octanol–water partition coefficient (Wildman–Crippen LogP) is 3.68. The quantitative estimate of drug-likeness (QED) is 0.699. The van der Waals surface area contributed by atoms with Crippen LogP contribution in [0, 0.1) is 5.92 Å². The first kappa shape index (κ1) is 13.5. The van der Waals surface area contributed by atoms with Gasteiger partial charge in [-0.05, 0) is 18.1 Å². The topological polar surface area (TPSA) is 26.3 Å². The van der Waals surface area contributed by atoms with Crippen LogP contribution in [0.1, 0.15) is 32.3 Å². The molecule has 0 saturated carbocycles. The average Bonchev–Trinajstić information content (AvgIpc) is 2.36. The Morgan fingerprint density at radius 3 is 2.71 bits per heavy atom. The number of hydrogen-bond donors (Lipinski definition) is 0. The van der Waals surface area contributed by atoms with Crippen molar-refractivity contribution < 1.29 is 9.53 Å². The minimum atomic E-state index is -0.107. The lowest BCUT2D eigenvalue weighted by Gasteiger charge is -2.08. The van der Waals surface area contributed by atoms with Crippen LogP contribution in [-0.2, 0) is 9.53 Å². The first-order valence-corrected chi connectivity index (χ1v) is 6.12. The molecule has 0 aliphatic rings. The van der Waals surface area contributed by atoms with E-state index in [-0.39, 0.29) is 11.9 Å². The van der Waals surface area contributed by atoms with Crippen LogP contribution in [0.5, 0.6) is 0 Å². The zero-order valence-electron chi connectivity index (χ0n) is 10.6. The van der Waals surface area contributed by atoms with Gasteiger partial charge in [0.15, 0.2) is 0 Å². The average molecular weight is 232 g/mol. The Bertz CT molecular complexity index is 354. The standard InChI is InChI=1S/C15H20O2/c1-3-8-13(2)15(16)17-12-7-11-14-9-5-4-6-10-14/h4-7,9-11,13H,3,8,12H2,1-2H3. The zero-order valence-corrected chi connectivity index (χ0v) is 10.6. The molecule has 17 heavy (non-hydrogen) atoms. The SMILES string of the molecule is CCCC(C)C(=O)OCC=Cc1ccccc1. The van der Waals surface area contributed by atoms with E-state index in [4.69, 9.17) is 4.74 Å². The number of esters is 1. The van der Waals surface area contributed by atoms with Crippen molar-refractivity contribution in [3.05, 3.63) is 42.0 Å². The van der Waals surface area contributed by atoms with Crippen molar-refractivity contribution in [3.63, 3.8) is 0 Å². The maximum absolute atomic E-state index is 11.5. The predicted molar refractivity (Wildman–Crippen MR) is 70.5 cm³/mol. The molecule has 0 N–H and O–H groups in total. The van der Waals surface area contributed by atoms with Gasteiger partial charge in [-0.1, -0.05) is 56.7 Å². The van der Waals surface area contributed by atoms with Crippen molar-refractivity contribution >= 4 is 12.0 Å². The van der Waals surface area contributed by atoms with Crippen molar-refractivity contribution in [1.29, 1.82) is 0 Å². The number of benzene rings is 1. The molecule has 0 spiro atoms. The second-order valence-electron chi connectivity index (χ2n) is 4.13. The fourth-order valence-electron chi connectivity index (χ4n) is 1.57. The van der Waals surface area contributed by atoms with Gasteiger partial charge >= 0.3 is 5.97 Å². The summed E-state index contributed by atoms with van der Waals surface area (Å²) in [5.74, 6) is -0.102. The largest absolute Gasteiger partial charge is 0.461 e. The normalized spacial score (nSPS) is 12.6. The minimum Gasteiger partial charge on any atom is -0.461 e. The minimum absolute atomic E-state index is 0.00475. The number of ether oxygens (including phenoxy) is 1. The molecule has 0 radical (unpaired) electrons. The summed E-state index contributed by atoms with van der Waals surface area (Å²) in [5.41, 5.74) is 1.12. The van der Waals surface area contributed by atoms with Gasteiger partial charge in [-0.2, -0.15) is 0 Å². The van der Waals surface area contributed by atoms with Gasteiger partial charge in [0.05, 0.1) is 5.92 Å². The summed E-state index contributed by atoms with van der Waals surface area (Å²) in [6.45, 7) is 4.33. The highest BCUT2D eigenvalue weighted by Crippen LogP contribution is 2.07. The van der Waals surface area contributed by atoms with Gasteiger partial charge < -0.3 is 4.74 Å². The van der Waals surface area contributed by atoms with E-state index in [0.717, 1.165) is 18.4 Å². The molecule has 1 atom stereocenters. The smallest absolute Gasteiger partial charge is 0.308 e. The third-order valence-electron chi connectivity index (χ3n) is 2.56. The molecular weight excluding hydrogens is 212 g/mol. The molecule has 0 bridgehead atoms. The number of carbonyl (C=O) groups excluding carboxylic acids is 1. The Balaban J connectivity index is 2.28. The fourth-order valence-corrected chi connectivity index (χ4v) is 1.57. The molecule has 0 fully saturated rings. The Morgan fingerprint density at radius 2 is 2.06 bits per heavy atom. The molecule has 1 aromatic carbocycles. The van der Waals surface area contributed by atoms with Crippen LogP contribution in [0.15, 0.2) is 36.4 Å². The first-order valence-electron chi connectivity index (χ1n) is 6.12. The monoisotopic (exact) mass is 232 g/mol. The van der Waals surface area contributed by atoms with E-state index in [9.17, 15) is 4.79 Å². The van der Waals surface area contributed by atoms with E-state index < -0.39 is 0 Å². The van der Waals surface area contributed by atoms with Crippen LogP contribution < -0.4 is 0 Å². The van der Waals surface area contributed by atoms with Crippen molar-refractivity contribution in [2.24, 2.45) is 5.92 Å². The zero-order chi connectivity index (χ0) is 12.5. The van der Waals surface area contributed by atoms with E-state index in [2.05, 4.69) is 6.92 Å². The molecule has 2 nitrogen and oxygen atoms in total. The van der Waals surface area contributed by atoms with Crippen LogP contribution in [-0.4, -0.2) is 12.6 Å². The number of carbonyl (C=O) groups is 1. The Kier molecular flexibility index (Phi) is 6.08. The second kappa shape index (κ2) is 7.66. The highest BCUT2D eigenvalue weighted by molar-refractivity contribution is 5.72. The van der Waals surface area contributed by atoms with Gasteiger partial charge in [-0.3, -0.25) is 4.79 Å². The second-order valence-corrected chi connectivity index (χ2v) is 4.13. The van der Waals surface area contributed by atoms with Crippen molar-refractivity contribution in [2.75, 3.05) is 6.61 Å². The van der Waals surface area contributed by atoms with E-state index in [0.29, 0.717) is 6.61 Å². The van der Waals surface area contributed by atoms with Crippen LogP contribution in [0.25, 0.3) is 6.08 Å². The lowest BCUT2D eigenvalue weighted by Crippen LogP contribution is -2.14. The van der Waals surface area contributed by atoms with Crippen LogP contribution in [0.2, 0.25) is 0 Å². The van der Waals surface area contributed by atoms with E-state index in [1.165, 1.54) is 0 Å². The summed E-state index contributed by atoms with van der Waals surface area (Å²) in [5, 5.41) is 0. The summed E-state index contributed by atoms with van der Waals surface area (Å²) in [6.07, 6.45) is 5.72. The lowest BCUT2D eigenvalue weighted by atomic mass is 10.1. The van der Waals surface area contributed by atoms with E-state index in [1.54, 1.807) is 0 Å². The summed E-state index contributed by atoms with van der Waals surface area (Å²) in [7, 11) is 0. The summed E-state index contributed by atoms with van der Waals surface area (Å²) in [4.78, 5) is 11.5. The molecule has 0 amide bonds. The Labute approximate surface area is 103 Å². The molecule has 0 aliphatic carbocycles. The number of rotatable bonds is 6. The van der Waals surface area contributed by atoms with Gasteiger partial charge in [0, 0.05) is 0 Å². The molecule has 0 heterocycles. The van der Waals surface area contributed by atoms with Crippen LogP contribution >= 0.6 is 0 Å². The molecule has 0 aliphatic heterocycles. The number of hydrogen-bond acceptors (Lipinski definition) is 2. The Morgan fingerprint density at radius 1 is 1.35 bits per heavy atom. The lowest BCUT2D eigenvalue weighted by molar-refractivity contribution is -0.146. The highest BCUT2D eigenvalue weighted by Gasteiger charge is 2.11. The van der Waals surface area contributed by atoms with Crippen LogP contribution in [0.4, 0.5) is 0 Å². The third kappa shape index (κ3) is 5.34. The Hall–Kier alpha value is -1.57. The molecule has 1 aromatic rings. The summed E-state index contributed by atoms with van der Waals surface area (Å²) in [6, 6.07) is 9.96. The van der Waals surface area contributed by atoms with E-state index in [1.807, 2.05) is 49.4 Å². The molecule has 92 valence electrons. The maximum Gasteiger partial charge on any atom is 0.308 e. The van der Waals surface area contributed by atoms with Crippen molar-refractivity contribution in [1.82, 2.24) is 0 Å². The highest BCUT2D eigenvalue weighted by atomic mass is 16.5. The van der Waals surface area contributed by atoms with Gasteiger partial charge in [0.1, 0.15) is 6.61 Å². The summed E-state index contributed by atoms with van der Waals surface area (Å²) < 4.78 is 5.15. The molecule has 1 unspecified atom stereocenters. The van der Waals surface area contributed by atoms with Gasteiger partial charge in [-0.15, -0.1) is 0 Å². The van der Waals surface area contributed by atoms with E-state index >= 15 is 0 Å². The molecule has 1 rings (SSSR count). The molecule has 2 heteroatoms. The van der Waals surface area contributed by atoms with Crippen LogP contribution in [0.3, 0.4) is 0 Å². The van der Waals surface area contributed by atoms with Gasteiger partial charge in [0.2, 0.25) is 0 Å². The molecule has 0 saturated heterocycles. The molecule has 0 aromatic heterocycles. The molecular formula is C15H20O2. The first-order chi connectivity index (χ1) is 8.24. The third-order valence-corrected chi connectivity index (χ3v) is 2.56. The summed E-state index contributed by atoms with van der Waals surface area (Å²) >= 11 is 0. The van der Waals surface area contributed by atoms with Gasteiger partial charge in [-0.25, -0.2) is 0 Å². The maximum atomic E-state index is 11.5. The fraction of sp³-hybridized carbons (Fsp3) is 0.400. The van der Waals surface area contributed by atoms with Crippen molar-refractivity contribution in [3.8, 4) is 0 Å². The van der Waals surface area contributed by atoms with Gasteiger partial charge in [0.25, 0.3) is 0 Å².